The molecule has 0 bridgehead atoms. The van der Waals surface area contributed by atoms with Gasteiger partial charge in [0.05, 0.1) is 36.6 Å². The van der Waals surface area contributed by atoms with Crippen molar-refractivity contribution in [1.82, 2.24) is 9.78 Å². The van der Waals surface area contributed by atoms with E-state index in [2.05, 4.69) is 11.1 Å². The number of ether oxygens (including phenoxy) is 3. The summed E-state index contributed by atoms with van der Waals surface area (Å²) in [6.07, 6.45) is 1.30. The summed E-state index contributed by atoms with van der Waals surface area (Å²) in [5.41, 5.74) is 3.78. The molecule has 1 aliphatic heterocycles. The number of benzene rings is 2. The van der Waals surface area contributed by atoms with E-state index in [0.29, 0.717) is 18.1 Å². The average molecular weight is 414 g/mol. The Morgan fingerprint density at radius 2 is 1.94 bits per heavy atom. The zero-order chi connectivity index (χ0) is 21.8. The highest BCUT2D eigenvalue weighted by atomic mass is 16.5. The summed E-state index contributed by atoms with van der Waals surface area (Å²) in [4.78, 5) is 4.30. The molecule has 156 valence electrons. The van der Waals surface area contributed by atoms with Gasteiger partial charge >= 0.3 is 0 Å². The topological polar surface area (TPSA) is 81.7 Å². The van der Waals surface area contributed by atoms with Crippen molar-refractivity contribution >= 4 is 6.40 Å². The lowest BCUT2D eigenvalue weighted by Crippen LogP contribution is -2.17. The highest BCUT2D eigenvalue weighted by Crippen LogP contribution is 2.45. The fourth-order valence-corrected chi connectivity index (χ4v) is 3.60. The zero-order valence-electron chi connectivity index (χ0n) is 17.6. The van der Waals surface area contributed by atoms with Gasteiger partial charge in [-0.15, -0.1) is 0 Å². The van der Waals surface area contributed by atoms with Crippen molar-refractivity contribution in [2.45, 2.75) is 19.8 Å². The standard InChI is InChI=1S/C24H22N4O3/c1-4-30-15-26-23-20(14-25)22(17-10-12-19(29-3)13-11-17)21-16(2)27-28(24(21)31-23)18-8-6-5-7-9-18/h5-13,15,22H,4H2,1-3H3/b26-15+. The third-order valence-corrected chi connectivity index (χ3v) is 5.05. The smallest absolute Gasteiger partial charge is 0.238 e. The fraction of sp³-hybridized carbons (Fsp3) is 0.208. The molecule has 7 heteroatoms. The van der Waals surface area contributed by atoms with Crippen LogP contribution in [0.5, 0.6) is 11.6 Å². The Morgan fingerprint density at radius 1 is 1.19 bits per heavy atom. The Hall–Kier alpha value is -4.05. The van der Waals surface area contributed by atoms with E-state index < -0.39 is 0 Å². The number of methoxy groups -OCH3 is 1. The molecule has 0 saturated heterocycles. The molecule has 0 aliphatic carbocycles. The van der Waals surface area contributed by atoms with E-state index in [4.69, 9.17) is 19.3 Å². The van der Waals surface area contributed by atoms with Crippen LogP contribution in [0.3, 0.4) is 0 Å². The normalized spacial score (nSPS) is 15.4. The molecular formula is C24H22N4O3. The summed E-state index contributed by atoms with van der Waals surface area (Å²) in [5.74, 6) is 1.09. The second-order valence-electron chi connectivity index (χ2n) is 6.88. The van der Waals surface area contributed by atoms with Crippen molar-refractivity contribution in [2.24, 2.45) is 4.99 Å². The molecule has 1 aliphatic rings. The predicted molar refractivity (Wildman–Crippen MR) is 117 cm³/mol. The van der Waals surface area contributed by atoms with Crippen molar-refractivity contribution < 1.29 is 14.2 Å². The first-order valence-electron chi connectivity index (χ1n) is 9.93. The molecule has 1 atom stereocenters. The molecule has 0 amide bonds. The Labute approximate surface area is 180 Å². The lowest BCUT2D eigenvalue weighted by atomic mass is 9.84. The minimum atomic E-state index is -0.383. The number of aliphatic imine (C=N–C) groups is 1. The van der Waals surface area contributed by atoms with Gasteiger partial charge in [0.25, 0.3) is 0 Å². The number of rotatable bonds is 6. The van der Waals surface area contributed by atoms with Gasteiger partial charge in [0.2, 0.25) is 11.8 Å². The van der Waals surface area contributed by atoms with E-state index >= 15 is 0 Å². The Kier molecular flexibility index (Phi) is 5.72. The number of hydrogen-bond donors (Lipinski definition) is 0. The quantitative estimate of drug-likeness (QED) is 0.438. The van der Waals surface area contributed by atoms with Crippen LogP contribution in [0.1, 0.15) is 29.7 Å². The Balaban J connectivity index is 1.92. The van der Waals surface area contributed by atoms with Crippen LogP contribution in [-0.2, 0) is 4.74 Å². The van der Waals surface area contributed by atoms with Gasteiger partial charge in [-0.3, -0.25) is 0 Å². The third-order valence-electron chi connectivity index (χ3n) is 5.05. The summed E-state index contributed by atoms with van der Waals surface area (Å²) >= 11 is 0. The number of nitriles is 1. The van der Waals surface area contributed by atoms with E-state index in [1.807, 2.05) is 68.4 Å². The molecule has 0 spiro atoms. The number of aromatic nitrogens is 2. The van der Waals surface area contributed by atoms with Gasteiger partial charge < -0.3 is 14.2 Å². The van der Waals surface area contributed by atoms with Crippen molar-refractivity contribution in [3.63, 3.8) is 0 Å². The highest BCUT2D eigenvalue weighted by Gasteiger charge is 2.37. The number of allylic oxidation sites excluding steroid dienone is 1. The van der Waals surface area contributed by atoms with Gasteiger partial charge in [-0.05, 0) is 43.7 Å². The maximum absolute atomic E-state index is 10.0. The second kappa shape index (κ2) is 8.76. The van der Waals surface area contributed by atoms with Gasteiger partial charge in [-0.25, -0.2) is 4.68 Å². The number of para-hydroxylation sites is 1. The van der Waals surface area contributed by atoms with Gasteiger partial charge in [-0.1, -0.05) is 30.3 Å². The monoisotopic (exact) mass is 414 g/mol. The summed E-state index contributed by atoms with van der Waals surface area (Å²) in [6.45, 7) is 4.24. The van der Waals surface area contributed by atoms with Crippen LogP contribution < -0.4 is 9.47 Å². The lowest BCUT2D eigenvalue weighted by Gasteiger charge is -2.25. The van der Waals surface area contributed by atoms with Gasteiger partial charge in [0.15, 0.2) is 6.40 Å². The first-order chi connectivity index (χ1) is 15.2. The van der Waals surface area contributed by atoms with E-state index in [1.165, 1.54) is 6.40 Å². The largest absolute Gasteiger partial charge is 0.497 e. The van der Waals surface area contributed by atoms with Crippen LogP contribution in [0.2, 0.25) is 0 Å². The molecule has 0 radical (unpaired) electrons. The van der Waals surface area contributed by atoms with Gasteiger partial charge in [-0.2, -0.15) is 15.4 Å². The second-order valence-corrected chi connectivity index (χ2v) is 6.88. The van der Waals surface area contributed by atoms with Crippen molar-refractivity contribution in [3.05, 3.63) is 82.9 Å². The molecular weight excluding hydrogens is 392 g/mol. The van der Waals surface area contributed by atoms with Crippen LogP contribution in [0.15, 0.2) is 71.0 Å². The van der Waals surface area contributed by atoms with Crippen LogP contribution in [0, 0.1) is 18.3 Å². The lowest BCUT2D eigenvalue weighted by molar-refractivity contribution is 0.331. The van der Waals surface area contributed by atoms with Crippen LogP contribution in [-0.4, -0.2) is 29.9 Å². The molecule has 7 nitrogen and oxygen atoms in total. The average Bonchev–Trinajstić information content (AvgIpc) is 3.15. The molecule has 0 N–H and O–H groups in total. The molecule has 3 aromatic rings. The molecule has 1 unspecified atom stereocenters. The SMILES string of the molecule is CCO/C=N/C1=C(C#N)C(c2ccc(OC)cc2)c2c(C)nn(-c3ccccc3)c2O1. The molecule has 4 rings (SSSR count). The van der Waals surface area contributed by atoms with Crippen LogP contribution >= 0.6 is 0 Å². The van der Waals surface area contributed by atoms with Crippen LogP contribution in [0.4, 0.5) is 0 Å². The Bertz CT molecular complexity index is 1170. The molecule has 2 aromatic carbocycles. The molecule has 0 fully saturated rings. The number of aryl methyl sites for hydroxylation is 1. The fourth-order valence-electron chi connectivity index (χ4n) is 3.60. The van der Waals surface area contributed by atoms with Crippen molar-refractivity contribution in [1.29, 1.82) is 5.26 Å². The first-order valence-corrected chi connectivity index (χ1v) is 9.93. The summed E-state index contributed by atoms with van der Waals surface area (Å²) in [6, 6.07) is 19.6. The first kappa shape index (κ1) is 20.2. The van der Waals surface area contributed by atoms with E-state index in [-0.39, 0.29) is 11.8 Å². The molecule has 31 heavy (non-hydrogen) atoms. The number of fused-ring (bicyclic) bond motifs is 1. The van der Waals surface area contributed by atoms with Crippen molar-refractivity contribution in [3.8, 4) is 23.4 Å². The predicted octanol–water partition coefficient (Wildman–Crippen LogP) is 4.51. The maximum atomic E-state index is 10.0. The molecule has 1 aromatic heterocycles. The number of nitrogens with zero attached hydrogens (tertiary/aromatic N) is 4. The summed E-state index contributed by atoms with van der Waals surface area (Å²) < 4.78 is 18.4. The van der Waals surface area contributed by atoms with E-state index in [0.717, 1.165) is 28.3 Å². The van der Waals surface area contributed by atoms with Gasteiger partial charge in [0.1, 0.15) is 17.4 Å². The minimum absolute atomic E-state index is 0.196. The number of hydrogen-bond acceptors (Lipinski definition) is 6. The molecule has 2 heterocycles. The third kappa shape index (κ3) is 3.76. The Morgan fingerprint density at radius 3 is 2.58 bits per heavy atom. The zero-order valence-corrected chi connectivity index (χ0v) is 17.6. The highest BCUT2D eigenvalue weighted by molar-refractivity contribution is 5.59. The summed E-state index contributed by atoms with van der Waals surface area (Å²) in [7, 11) is 1.62. The minimum Gasteiger partial charge on any atom is -0.497 e. The maximum Gasteiger partial charge on any atom is 0.238 e. The van der Waals surface area contributed by atoms with E-state index in [9.17, 15) is 5.26 Å². The van der Waals surface area contributed by atoms with Crippen molar-refractivity contribution in [2.75, 3.05) is 13.7 Å². The van der Waals surface area contributed by atoms with Crippen LogP contribution in [0.25, 0.3) is 5.69 Å². The summed E-state index contributed by atoms with van der Waals surface area (Å²) in [5, 5.41) is 14.8. The van der Waals surface area contributed by atoms with E-state index in [1.54, 1.807) is 11.8 Å². The molecule has 0 saturated carbocycles. The van der Waals surface area contributed by atoms with Gasteiger partial charge in [0, 0.05) is 0 Å².